The second kappa shape index (κ2) is 44.3. The van der Waals surface area contributed by atoms with E-state index in [9.17, 15) is 64.4 Å². The lowest BCUT2D eigenvalue weighted by Crippen LogP contribution is -2.26. The summed E-state index contributed by atoms with van der Waals surface area (Å²) in [5.74, 6) is -3.07. The normalized spacial score (nSPS) is 11.8. The molecule has 111 heavy (non-hydrogen) atoms. The van der Waals surface area contributed by atoms with Gasteiger partial charge in [0.25, 0.3) is 20.3 Å². The number of unbranched alkanes of at least 4 members (excludes halogenated alkanes) is 5. The molecule has 9 rings (SSSR count). The maximum absolute atomic E-state index is 14.2. The van der Waals surface area contributed by atoms with Crippen LogP contribution in [0.3, 0.4) is 0 Å². The number of Topliss-reactive ketones (excluding diaryl/α,β-unsaturated/α-hetero) is 2. The Bertz CT molecular complexity index is 4510. The molecule has 0 amide bonds. The molecule has 0 bridgehead atoms. The molecular weight excluding hydrogens is 1490 g/mol. The number of H-pyrrole nitrogens is 2. The number of nitrogens with zero attached hydrogens (tertiary/aromatic N) is 14. The number of aromatic nitrogens is 12. The number of ketones is 2. The fourth-order valence-corrected chi connectivity index (χ4v) is 12.5. The fourth-order valence-electron chi connectivity index (χ4n) is 11.9. The maximum Gasteiger partial charge on any atom is 0.309 e. The number of aromatic amines is 2. The van der Waals surface area contributed by atoms with E-state index < -0.39 is 81.4 Å². The van der Waals surface area contributed by atoms with Crippen LogP contribution in [-0.4, -0.2) is 156 Å². The van der Waals surface area contributed by atoms with Crippen LogP contribution < -0.4 is 0 Å². The molecular formula is C73H82Cl2N16O20. The summed E-state index contributed by atoms with van der Waals surface area (Å²) in [6.45, 7) is 3.39. The number of hydrogen-bond donors (Lipinski definition) is 2. The summed E-state index contributed by atoms with van der Waals surface area (Å²) in [4.78, 5) is 136. The van der Waals surface area contributed by atoms with Gasteiger partial charge in [-0.3, -0.25) is 24.0 Å². The topological polar surface area (TPSA) is 467 Å². The van der Waals surface area contributed by atoms with Gasteiger partial charge in [0.1, 0.15) is 35.7 Å². The number of esters is 3. The second-order valence-electron chi connectivity index (χ2n) is 25.3. The molecule has 3 atom stereocenters. The number of halogens is 2. The number of benzene rings is 5. The highest BCUT2D eigenvalue weighted by molar-refractivity contribution is 6.33. The van der Waals surface area contributed by atoms with Gasteiger partial charge in [0.05, 0.1) is 51.3 Å². The van der Waals surface area contributed by atoms with Crippen LogP contribution in [0.15, 0.2) is 127 Å². The molecule has 0 saturated heterocycles. The summed E-state index contributed by atoms with van der Waals surface area (Å²) in [6.07, 6.45) is 4.01. The Morgan fingerprint density at radius 2 is 0.892 bits per heavy atom. The molecule has 5 aromatic carbocycles. The summed E-state index contributed by atoms with van der Waals surface area (Å²) in [5.41, 5.74) is 8.15. The Morgan fingerprint density at radius 1 is 0.468 bits per heavy atom. The quantitative estimate of drug-likeness (QED) is 0.00893. The summed E-state index contributed by atoms with van der Waals surface area (Å²) in [5, 5.41) is 66.9. The molecule has 4 aromatic heterocycles. The first-order valence-electron chi connectivity index (χ1n) is 35.8. The third-order valence-corrected chi connectivity index (χ3v) is 17.8. The largest absolute Gasteiger partial charge is 0.466 e. The van der Waals surface area contributed by atoms with Gasteiger partial charge >= 0.3 is 17.9 Å². The molecule has 38 heteroatoms. The molecule has 3 unspecified atom stereocenters. The van der Waals surface area contributed by atoms with E-state index in [2.05, 4.69) is 77.5 Å². The zero-order valence-electron chi connectivity index (χ0n) is 60.7. The van der Waals surface area contributed by atoms with Crippen molar-refractivity contribution >= 4 is 52.7 Å². The number of tetrazole rings is 2. The minimum Gasteiger partial charge on any atom is -0.466 e. The Morgan fingerprint density at radius 3 is 1.33 bits per heavy atom. The number of rotatable bonds is 48. The lowest BCUT2D eigenvalue weighted by atomic mass is 9.93. The molecule has 0 fully saturated rings. The molecule has 9 aromatic rings. The minimum atomic E-state index is -1.26. The minimum absolute atomic E-state index is 0.0424. The van der Waals surface area contributed by atoms with Gasteiger partial charge < -0.3 is 42.7 Å². The van der Waals surface area contributed by atoms with Crippen molar-refractivity contribution in [1.29, 1.82) is 0 Å². The van der Waals surface area contributed by atoms with Gasteiger partial charge in [-0.2, -0.15) is 10.4 Å². The van der Waals surface area contributed by atoms with Gasteiger partial charge in [-0.25, -0.2) is 9.97 Å². The van der Waals surface area contributed by atoms with E-state index in [-0.39, 0.29) is 125 Å². The van der Waals surface area contributed by atoms with Crippen LogP contribution in [0.2, 0.25) is 10.3 Å². The Balaban J connectivity index is 0.000000279. The third kappa shape index (κ3) is 26.9. The highest BCUT2D eigenvalue weighted by atomic mass is 35.5. The van der Waals surface area contributed by atoms with Crippen molar-refractivity contribution in [3.63, 3.8) is 0 Å². The smallest absolute Gasteiger partial charge is 0.309 e. The Kier molecular flexibility index (Phi) is 33.7. The number of hydrogen-bond acceptors (Lipinski definition) is 28. The van der Waals surface area contributed by atoms with Crippen molar-refractivity contribution in [2.45, 2.75) is 142 Å². The maximum atomic E-state index is 14.2. The zero-order chi connectivity index (χ0) is 79.4. The monoisotopic (exact) mass is 1570 g/mol. The van der Waals surface area contributed by atoms with E-state index >= 15 is 0 Å². The van der Waals surface area contributed by atoms with Crippen molar-refractivity contribution < 1.29 is 77.9 Å². The number of carbonyl (C=O) groups excluding carboxylic acids is 5. The molecule has 0 spiro atoms. The van der Waals surface area contributed by atoms with Crippen molar-refractivity contribution in [3.05, 3.63) is 218 Å². The van der Waals surface area contributed by atoms with E-state index in [0.717, 1.165) is 75.8 Å². The lowest BCUT2D eigenvalue weighted by molar-refractivity contribution is -0.790. The number of imidazole rings is 2. The van der Waals surface area contributed by atoms with Crippen molar-refractivity contribution in [1.82, 2.24) is 60.4 Å². The molecule has 588 valence electrons. The van der Waals surface area contributed by atoms with E-state index in [1.54, 1.807) is 4.57 Å². The molecule has 0 aliphatic heterocycles. The SMILES string of the molecule is CCCCc1nc(Cl)c(C(=O)CC(CC(=O)OCCCCO[N+](=O)[O-])C(=O)OCCCCO[N+](=O)[O-])n1Cc1ccc(-c2ccccc2-c2nn[nH]n2)cc1.CCCCc1nc(Cl)c(C(=O)CC(Cc2ccccc2)C(=O)OCCCCC(CO[N+](=O)[O-])O[N+](=O)[O-])n1Cc1ccc(-c2ccccc2-c2nn[nH]n2)cc1. The first kappa shape index (κ1) is 84.4. The van der Waals surface area contributed by atoms with Crippen LogP contribution in [0, 0.1) is 52.3 Å². The second-order valence-corrected chi connectivity index (χ2v) is 26.0. The predicted octanol–water partition coefficient (Wildman–Crippen LogP) is 12.1. The standard InChI is InChI=1S/C38H41ClN8O9.C35H41ClN8O11/c1-2-3-16-34-40-36(39)35(45(34)24-27-17-19-28(20-18-27)31-14-7-8-15-32(31)37-41-43-44-42-37)33(48)23-29(22-26-11-5-4-6-12-26)38(49)54-21-10-9-13-30(56-47(52)53)25-55-46(50)51;1-2-3-12-30-37-33(36)32(42(30)23-24-13-15-25(16-14-24)27-10-4-5-11-28(27)34-38-40-41-39-34)29(45)21-26(35(47)53-18-7-9-20-55-44(50)51)22-31(46)52-17-6-8-19-54-43(48)49/h4-8,11-12,14-15,17-20,29-30H,2-3,9-10,13,16,21-25H2,1H3,(H,41,42,43,44);4-5,10-11,13-16,26H,2-3,6-9,12,17-23H2,1H3,(H,38,39,40,41). The zero-order valence-corrected chi connectivity index (χ0v) is 62.2. The van der Waals surface area contributed by atoms with Crippen molar-refractivity contribution in [2.75, 3.05) is 39.6 Å². The van der Waals surface area contributed by atoms with Crippen LogP contribution in [0.4, 0.5) is 0 Å². The summed E-state index contributed by atoms with van der Waals surface area (Å²) < 4.78 is 19.7. The van der Waals surface area contributed by atoms with Crippen LogP contribution in [-0.2, 0) is 80.3 Å². The van der Waals surface area contributed by atoms with Gasteiger partial charge in [0.15, 0.2) is 21.9 Å². The highest BCUT2D eigenvalue weighted by Gasteiger charge is 2.33. The number of ether oxygens (including phenoxy) is 3. The van der Waals surface area contributed by atoms with Crippen LogP contribution in [0.5, 0.6) is 0 Å². The van der Waals surface area contributed by atoms with Crippen molar-refractivity contribution in [3.8, 4) is 45.0 Å². The van der Waals surface area contributed by atoms with Crippen molar-refractivity contribution in [2.24, 2.45) is 11.8 Å². The van der Waals surface area contributed by atoms with Gasteiger partial charge in [-0.05, 0) is 114 Å². The highest BCUT2D eigenvalue weighted by Crippen LogP contribution is 2.34. The molecule has 4 heterocycles. The number of aryl methyl sites for hydroxylation is 2. The van der Waals surface area contributed by atoms with E-state index in [1.807, 2.05) is 139 Å². The number of carbonyl (C=O) groups is 5. The van der Waals surface area contributed by atoms with Gasteiger partial charge in [-0.15, -0.1) is 60.9 Å². The van der Waals surface area contributed by atoms with Gasteiger partial charge in [0, 0.05) is 49.9 Å². The van der Waals surface area contributed by atoms with E-state index in [4.69, 9.17) is 37.4 Å². The van der Waals surface area contributed by atoms with Gasteiger partial charge in [-0.1, -0.05) is 177 Å². The molecule has 0 radical (unpaired) electrons. The fraction of sp³-hybridized carbons (Fsp3) is 0.411. The molecule has 2 N–H and O–H groups in total. The third-order valence-electron chi connectivity index (χ3n) is 17.3. The first-order valence-corrected chi connectivity index (χ1v) is 36.5. The van der Waals surface area contributed by atoms with E-state index in [0.29, 0.717) is 42.7 Å². The average molecular weight is 1570 g/mol. The van der Waals surface area contributed by atoms with Crippen LogP contribution in [0.25, 0.3) is 45.0 Å². The van der Waals surface area contributed by atoms with Crippen LogP contribution >= 0.6 is 23.2 Å². The predicted molar refractivity (Wildman–Crippen MR) is 396 cm³/mol. The molecule has 0 aliphatic rings. The number of nitrogens with one attached hydrogen (secondary N) is 2. The molecule has 0 aliphatic carbocycles. The summed E-state index contributed by atoms with van der Waals surface area (Å²) >= 11 is 13.3. The molecule has 0 saturated carbocycles. The summed E-state index contributed by atoms with van der Waals surface area (Å²) in [6, 6.07) is 40.3. The van der Waals surface area contributed by atoms with Crippen LogP contribution in [0.1, 0.15) is 153 Å². The summed E-state index contributed by atoms with van der Waals surface area (Å²) in [7, 11) is 0. The lowest BCUT2D eigenvalue weighted by Gasteiger charge is -2.18. The Labute approximate surface area is 644 Å². The first-order chi connectivity index (χ1) is 53.7. The molecule has 36 nitrogen and oxygen atoms in total. The Hall–Kier alpha value is -12.2. The van der Waals surface area contributed by atoms with Gasteiger partial charge in [0.2, 0.25) is 11.6 Å². The van der Waals surface area contributed by atoms with E-state index in [1.165, 1.54) is 0 Å². The average Bonchev–Trinajstić information content (AvgIpc) is 1.81.